The van der Waals surface area contributed by atoms with Crippen LogP contribution in [0.5, 0.6) is 0 Å². The lowest BCUT2D eigenvalue weighted by atomic mass is 9.85. The van der Waals surface area contributed by atoms with Crippen molar-refractivity contribution in [2.24, 2.45) is 11.7 Å². The first-order valence-electron chi connectivity index (χ1n) is 6.84. The predicted molar refractivity (Wildman–Crippen MR) is 66.7 cm³/mol. The number of ether oxygens (including phenoxy) is 1. The number of hydrogen-bond acceptors (Lipinski definition) is 2. The van der Waals surface area contributed by atoms with Crippen molar-refractivity contribution in [2.45, 2.75) is 57.5 Å². The summed E-state index contributed by atoms with van der Waals surface area (Å²) < 4.78 is 5.36. The van der Waals surface area contributed by atoms with E-state index in [4.69, 9.17) is 10.5 Å². The Morgan fingerprint density at radius 3 is 2.12 bits per heavy atom. The lowest BCUT2D eigenvalue weighted by Gasteiger charge is -2.41. The molecule has 1 heterocycles. The lowest BCUT2D eigenvalue weighted by Crippen LogP contribution is -2.52. The van der Waals surface area contributed by atoms with Gasteiger partial charge in [-0.3, -0.25) is 0 Å². The highest BCUT2D eigenvalue weighted by Gasteiger charge is 2.32. The van der Waals surface area contributed by atoms with Crippen LogP contribution in [0.25, 0.3) is 0 Å². The number of primary amides is 1. The second-order valence-electron chi connectivity index (χ2n) is 5.50. The molecule has 17 heavy (non-hydrogen) atoms. The molecule has 0 unspecified atom stereocenters. The number of nitrogens with zero attached hydrogens (tertiary/aromatic N) is 1. The quantitative estimate of drug-likeness (QED) is 0.804. The first kappa shape index (κ1) is 12.7. The molecule has 1 saturated carbocycles. The van der Waals surface area contributed by atoms with Crippen LogP contribution in [0, 0.1) is 5.92 Å². The van der Waals surface area contributed by atoms with Crippen LogP contribution in [-0.2, 0) is 4.74 Å². The average Bonchev–Trinajstić information content (AvgIpc) is 2.33. The first-order chi connectivity index (χ1) is 8.18. The zero-order valence-electron chi connectivity index (χ0n) is 10.7. The SMILES string of the molecule is CC1CCC(N(C(N)=O)C2CCOCC2)CC1. The monoisotopic (exact) mass is 240 g/mol. The largest absolute Gasteiger partial charge is 0.381 e. The molecule has 4 nitrogen and oxygen atoms in total. The van der Waals surface area contributed by atoms with E-state index in [9.17, 15) is 4.79 Å². The Balaban J connectivity index is 1.98. The number of amides is 2. The van der Waals surface area contributed by atoms with E-state index in [0.29, 0.717) is 12.1 Å². The van der Waals surface area contributed by atoms with E-state index >= 15 is 0 Å². The van der Waals surface area contributed by atoms with E-state index in [0.717, 1.165) is 44.8 Å². The molecule has 0 aromatic rings. The summed E-state index contributed by atoms with van der Waals surface area (Å²) in [5.74, 6) is 0.802. The van der Waals surface area contributed by atoms with Gasteiger partial charge in [-0.1, -0.05) is 6.92 Å². The Labute approximate surface area is 103 Å². The van der Waals surface area contributed by atoms with Gasteiger partial charge < -0.3 is 15.4 Å². The van der Waals surface area contributed by atoms with E-state index < -0.39 is 0 Å². The highest BCUT2D eigenvalue weighted by molar-refractivity contribution is 5.72. The molecule has 0 atom stereocenters. The van der Waals surface area contributed by atoms with E-state index in [1.54, 1.807) is 0 Å². The Bertz CT molecular complexity index is 256. The summed E-state index contributed by atoms with van der Waals surface area (Å²) in [6.45, 7) is 3.81. The Hall–Kier alpha value is -0.770. The minimum atomic E-state index is -0.239. The molecule has 2 amide bonds. The van der Waals surface area contributed by atoms with Crippen LogP contribution in [0.1, 0.15) is 45.4 Å². The van der Waals surface area contributed by atoms with Crippen LogP contribution in [0.3, 0.4) is 0 Å². The fraction of sp³-hybridized carbons (Fsp3) is 0.923. The molecule has 0 radical (unpaired) electrons. The van der Waals surface area contributed by atoms with Gasteiger partial charge in [-0.2, -0.15) is 0 Å². The van der Waals surface area contributed by atoms with E-state index in [1.165, 1.54) is 12.8 Å². The van der Waals surface area contributed by atoms with Crippen molar-refractivity contribution >= 4 is 6.03 Å². The number of carbonyl (C=O) groups is 1. The van der Waals surface area contributed by atoms with Crippen molar-refractivity contribution in [2.75, 3.05) is 13.2 Å². The van der Waals surface area contributed by atoms with Crippen molar-refractivity contribution in [3.05, 3.63) is 0 Å². The Kier molecular flexibility index (Phi) is 4.26. The van der Waals surface area contributed by atoms with Gasteiger partial charge in [0.25, 0.3) is 0 Å². The summed E-state index contributed by atoms with van der Waals surface area (Å²) in [6.07, 6.45) is 6.54. The molecule has 0 spiro atoms. The number of urea groups is 1. The first-order valence-corrected chi connectivity index (χ1v) is 6.84. The molecule has 0 aromatic heterocycles. The number of rotatable bonds is 2. The molecule has 1 aliphatic heterocycles. The molecule has 2 aliphatic rings. The van der Waals surface area contributed by atoms with Gasteiger partial charge in [-0.05, 0) is 44.4 Å². The minimum Gasteiger partial charge on any atom is -0.381 e. The van der Waals surface area contributed by atoms with Crippen LogP contribution in [-0.4, -0.2) is 36.2 Å². The van der Waals surface area contributed by atoms with Crippen molar-refractivity contribution in [3.63, 3.8) is 0 Å². The number of carbonyl (C=O) groups excluding carboxylic acids is 1. The van der Waals surface area contributed by atoms with Crippen LogP contribution in [0.2, 0.25) is 0 Å². The van der Waals surface area contributed by atoms with Crippen molar-refractivity contribution in [3.8, 4) is 0 Å². The Morgan fingerprint density at radius 1 is 1.06 bits per heavy atom. The zero-order valence-corrected chi connectivity index (χ0v) is 10.7. The van der Waals surface area contributed by atoms with Crippen LogP contribution < -0.4 is 5.73 Å². The maximum absolute atomic E-state index is 11.7. The molecule has 4 heteroatoms. The van der Waals surface area contributed by atoms with Crippen LogP contribution >= 0.6 is 0 Å². The van der Waals surface area contributed by atoms with Gasteiger partial charge in [0.05, 0.1) is 0 Å². The van der Waals surface area contributed by atoms with Gasteiger partial charge >= 0.3 is 6.03 Å². The molecule has 2 N–H and O–H groups in total. The molecule has 1 saturated heterocycles. The van der Waals surface area contributed by atoms with Gasteiger partial charge in [0.15, 0.2) is 0 Å². The molecular weight excluding hydrogens is 216 g/mol. The fourth-order valence-electron chi connectivity index (χ4n) is 3.14. The van der Waals surface area contributed by atoms with Crippen LogP contribution in [0.4, 0.5) is 4.79 Å². The van der Waals surface area contributed by atoms with Crippen molar-refractivity contribution in [1.29, 1.82) is 0 Å². The topological polar surface area (TPSA) is 55.6 Å². The highest BCUT2D eigenvalue weighted by atomic mass is 16.5. The fourth-order valence-corrected chi connectivity index (χ4v) is 3.14. The molecule has 1 aliphatic carbocycles. The van der Waals surface area contributed by atoms with E-state index in [-0.39, 0.29) is 6.03 Å². The smallest absolute Gasteiger partial charge is 0.315 e. The van der Waals surface area contributed by atoms with Crippen molar-refractivity contribution in [1.82, 2.24) is 4.90 Å². The lowest BCUT2D eigenvalue weighted by molar-refractivity contribution is 0.0270. The minimum absolute atomic E-state index is 0.239. The standard InChI is InChI=1S/C13H24N2O2/c1-10-2-4-11(5-3-10)15(13(14)16)12-6-8-17-9-7-12/h10-12H,2-9H2,1H3,(H2,14,16). The molecule has 0 bridgehead atoms. The average molecular weight is 240 g/mol. The summed E-state index contributed by atoms with van der Waals surface area (Å²) in [6, 6.07) is 0.433. The summed E-state index contributed by atoms with van der Waals surface area (Å²) in [5.41, 5.74) is 5.58. The number of nitrogens with two attached hydrogens (primary N) is 1. The van der Waals surface area contributed by atoms with Crippen molar-refractivity contribution < 1.29 is 9.53 Å². The van der Waals surface area contributed by atoms with Gasteiger partial charge in [0.1, 0.15) is 0 Å². The summed E-state index contributed by atoms with van der Waals surface area (Å²) >= 11 is 0. The Morgan fingerprint density at radius 2 is 1.59 bits per heavy atom. The normalized spacial score (nSPS) is 31.1. The molecule has 2 rings (SSSR count). The van der Waals surface area contributed by atoms with E-state index in [1.807, 2.05) is 4.90 Å². The molecular formula is C13H24N2O2. The van der Waals surface area contributed by atoms with E-state index in [2.05, 4.69) is 6.92 Å². The molecule has 98 valence electrons. The highest BCUT2D eigenvalue weighted by Crippen LogP contribution is 2.30. The van der Waals surface area contributed by atoms with Crippen LogP contribution in [0.15, 0.2) is 0 Å². The summed E-state index contributed by atoms with van der Waals surface area (Å²) in [4.78, 5) is 13.6. The zero-order chi connectivity index (χ0) is 12.3. The molecule has 2 fully saturated rings. The summed E-state index contributed by atoms with van der Waals surface area (Å²) in [5, 5.41) is 0. The maximum Gasteiger partial charge on any atom is 0.315 e. The van der Waals surface area contributed by atoms with Gasteiger partial charge in [-0.15, -0.1) is 0 Å². The predicted octanol–water partition coefficient (Wildman–Crippen LogP) is 2.12. The molecule has 0 aromatic carbocycles. The summed E-state index contributed by atoms with van der Waals surface area (Å²) in [7, 11) is 0. The third kappa shape index (κ3) is 3.12. The van der Waals surface area contributed by atoms with Gasteiger partial charge in [0, 0.05) is 25.3 Å². The third-order valence-electron chi connectivity index (χ3n) is 4.22. The van der Waals surface area contributed by atoms with Gasteiger partial charge in [-0.25, -0.2) is 4.79 Å². The van der Waals surface area contributed by atoms with Gasteiger partial charge in [0.2, 0.25) is 0 Å². The number of hydrogen-bond donors (Lipinski definition) is 1. The maximum atomic E-state index is 11.7. The third-order valence-corrected chi connectivity index (χ3v) is 4.22. The second-order valence-corrected chi connectivity index (χ2v) is 5.50. The second kappa shape index (κ2) is 5.71.